The van der Waals surface area contributed by atoms with Crippen molar-refractivity contribution in [2.24, 2.45) is 23.7 Å². The smallest absolute Gasteiger partial charge is 0.144 e. The summed E-state index contributed by atoms with van der Waals surface area (Å²) in [5, 5.41) is 8.78. The van der Waals surface area contributed by atoms with Crippen molar-refractivity contribution in [2.45, 2.75) is 83.5 Å². The molecule has 0 N–H and O–H groups in total. The van der Waals surface area contributed by atoms with E-state index in [2.05, 4.69) is 12.7 Å². The van der Waals surface area contributed by atoms with E-state index in [1.54, 1.807) is 6.07 Å². The molecule has 0 spiro atoms. The molecule has 2 saturated carbocycles. The Balaban J connectivity index is 1.36. The van der Waals surface area contributed by atoms with Crippen molar-refractivity contribution in [1.82, 2.24) is 0 Å². The third-order valence-corrected chi connectivity index (χ3v) is 7.43. The normalized spacial score (nSPS) is 27.3. The lowest BCUT2D eigenvalue weighted by molar-refractivity contribution is 0.185. The van der Waals surface area contributed by atoms with Crippen LogP contribution < -0.4 is 0 Å². The molecule has 3 heteroatoms. The first-order valence-corrected chi connectivity index (χ1v) is 11.6. The van der Waals surface area contributed by atoms with Gasteiger partial charge in [-0.25, -0.2) is 8.78 Å². The summed E-state index contributed by atoms with van der Waals surface area (Å²) < 4.78 is 27.5. The minimum atomic E-state index is -0.731. The molecule has 0 aromatic heterocycles. The Labute approximate surface area is 175 Å². The number of hydrogen-bond acceptors (Lipinski definition) is 1. The number of nitrogens with zero attached hydrogens (tertiary/aromatic N) is 1. The van der Waals surface area contributed by atoms with Crippen LogP contribution in [0.3, 0.4) is 0 Å². The summed E-state index contributed by atoms with van der Waals surface area (Å²) in [4.78, 5) is 0. The second-order valence-electron chi connectivity index (χ2n) is 9.46. The van der Waals surface area contributed by atoms with E-state index < -0.39 is 17.2 Å². The number of benzene rings is 1. The highest BCUT2D eigenvalue weighted by Gasteiger charge is 2.26. The van der Waals surface area contributed by atoms with Gasteiger partial charge in [0.25, 0.3) is 0 Å². The van der Waals surface area contributed by atoms with Crippen molar-refractivity contribution < 1.29 is 8.78 Å². The monoisotopic (exact) mass is 399 g/mol. The van der Waals surface area contributed by atoms with Gasteiger partial charge >= 0.3 is 0 Å². The van der Waals surface area contributed by atoms with E-state index in [1.807, 2.05) is 0 Å². The van der Waals surface area contributed by atoms with Crippen molar-refractivity contribution in [3.8, 4) is 6.07 Å². The van der Waals surface area contributed by atoms with Gasteiger partial charge in [-0.15, -0.1) is 6.58 Å². The van der Waals surface area contributed by atoms with Crippen LogP contribution in [-0.2, 0) is 6.42 Å². The maximum absolute atomic E-state index is 13.8. The molecule has 0 radical (unpaired) electrons. The van der Waals surface area contributed by atoms with Crippen molar-refractivity contribution in [3.63, 3.8) is 0 Å². The van der Waals surface area contributed by atoms with Crippen molar-refractivity contribution >= 4 is 0 Å². The molecule has 2 aliphatic rings. The second-order valence-corrected chi connectivity index (χ2v) is 9.46. The van der Waals surface area contributed by atoms with Gasteiger partial charge < -0.3 is 0 Å². The molecule has 2 fully saturated rings. The number of allylic oxidation sites excluding steroid dienone is 1. The van der Waals surface area contributed by atoms with Crippen LogP contribution in [0.5, 0.6) is 0 Å². The molecule has 0 atom stereocenters. The third kappa shape index (κ3) is 6.39. The van der Waals surface area contributed by atoms with Gasteiger partial charge in [0.15, 0.2) is 0 Å². The van der Waals surface area contributed by atoms with E-state index in [-0.39, 0.29) is 0 Å². The molecule has 0 bridgehead atoms. The number of rotatable bonds is 8. The standard InChI is InChI=1S/C26H35F2N/c1-2-3-4-19-5-10-21(11-6-19)15-22-12-7-20(8-13-22)9-14-23-16-25(27)24(18-29)26(28)17-23/h2,16-17,19-22H,1,3-15H2. The zero-order chi connectivity index (χ0) is 20.6. The number of halogens is 2. The van der Waals surface area contributed by atoms with Crippen LogP contribution in [0.2, 0.25) is 0 Å². The molecule has 158 valence electrons. The topological polar surface area (TPSA) is 23.8 Å². The Morgan fingerprint density at radius 2 is 1.34 bits per heavy atom. The Morgan fingerprint density at radius 3 is 1.83 bits per heavy atom. The van der Waals surface area contributed by atoms with Gasteiger partial charge in [-0.3, -0.25) is 0 Å². The molecule has 0 aliphatic heterocycles. The average Bonchev–Trinajstić information content (AvgIpc) is 2.72. The maximum atomic E-state index is 13.8. The highest BCUT2D eigenvalue weighted by Crippen LogP contribution is 2.40. The first-order valence-electron chi connectivity index (χ1n) is 11.6. The fourth-order valence-electron chi connectivity index (χ4n) is 5.58. The second kappa shape index (κ2) is 10.9. The first kappa shape index (κ1) is 22.0. The van der Waals surface area contributed by atoms with Crippen molar-refractivity contribution in [3.05, 3.63) is 47.5 Å². The molecule has 3 rings (SSSR count). The predicted octanol–water partition coefficient (Wildman–Crippen LogP) is 7.74. The molecule has 1 nitrogen and oxygen atoms in total. The van der Waals surface area contributed by atoms with Gasteiger partial charge in [0.2, 0.25) is 0 Å². The van der Waals surface area contributed by atoms with Crippen LogP contribution in [-0.4, -0.2) is 0 Å². The minimum absolute atomic E-state index is 0.469. The predicted molar refractivity (Wildman–Crippen MR) is 114 cm³/mol. The van der Waals surface area contributed by atoms with Gasteiger partial charge in [0.05, 0.1) is 0 Å². The van der Waals surface area contributed by atoms with Crippen LogP contribution in [0.4, 0.5) is 8.78 Å². The maximum Gasteiger partial charge on any atom is 0.144 e. The molecule has 0 unspecified atom stereocenters. The van der Waals surface area contributed by atoms with Gasteiger partial charge in [-0.05, 0) is 73.5 Å². The first-order chi connectivity index (χ1) is 14.1. The average molecular weight is 400 g/mol. The van der Waals surface area contributed by atoms with Gasteiger partial charge in [-0.2, -0.15) is 5.26 Å². The molecular weight excluding hydrogens is 364 g/mol. The van der Waals surface area contributed by atoms with Gasteiger partial charge in [0.1, 0.15) is 23.3 Å². The SMILES string of the molecule is C=CCCC1CCC(CC2CCC(CCc3cc(F)c(C#N)c(F)c3)CC2)CC1. The third-order valence-electron chi connectivity index (χ3n) is 7.43. The summed E-state index contributed by atoms with van der Waals surface area (Å²) >= 11 is 0. The highest BCUT2D eigenvalue weighted by atomic mass is 19.1. The fourth-order valence-corrected chi connectivity index (χ4v) is 5.58. The summed E-state index contributed by atoms with van der Waals surface area (Å²) in [6.07, 6.45) is 18.4. The van der Waals surface area contributed by atoms with Crippen LogP contribution in [0, 0.1) is 46.6 Å². The summed E-state index contributed by atoms with van der Waals surface area (Å²) in [6.45, 7) is 3.84. The summed E-state index contributed by atoms with van der Waals surface area (Å²) in [7, 11) is 0. The Kier molecular flexibility index (Phi) is 8.28. The molecule has 2 aliphatic carbocycles. The summed E-state index contributed by atoms with van der Waals surface area (Å²) in [6, 6.07) is 4.26. The summed E-state index contributed by atoms with van der Waals surface area (Å²) in [5.74, 6) is 1.95. The van der Waals surface area contributed by atoms with E-state index in [9.17, 15) is 8.78 Å². The molecule has 0 amide bonds. The largest absolute Gasteiger partial charge is 0.205 e. The van der Waals surface area contributed by atoms with Gasteiger partial charge in [0, 0.05) is 0 Å². The number of aryl methyl sites for hydroxylation is 1. The molecular formula is C26H35F2N. The van der Waals surface area contributed by atoms with Crippen LogP contribution in [0.25, 0.3) is 0 Å². The van der Waals surface area contributed by atoms with E-state index in [4.69, 9.17) is 5.26 Å². The van der Waals surface area contributed by atoms with E-state index in [1.165, 1.54) is 82.8 Å². The lowest BCUT2D eigenvalue weighted by Crippen LogP contribution is -2.21. The lowest BCUT2D eigenvalue weighted by atomic mass is 9.72. The number of nitriles is 1. The van der Waals surface area contributed by atoms with Crippen molar-refractivity contribution in [2.75, 3.05) is 0 Å². The van der Waals surface area contributed by atoms with Crippen LogP contribution in [0.1, 0.15) is 88.2 Å². The molecule has 0 heterocycles. The molecule has 1 aromatic carbocycles. The molecule has 1 aromatic rings. The van der Waals surface area contributed by atoms with Crippen molar-refractivity contribution in [1.29, 1.82) is 5.26 Å². The lowest BCUT2D eigenvalue weighted by Gasteiger charge is -2.34. The zero-order valence-electron chi connectivity index (χ0n) is 17.6. The Hall–Kier alpha value is -1.69. The fraction of sp³-hybridized carbons (Fsp3) is 0.654. The quantitative estimate of drug-likeness (QED) is 0.410. The van der Waals surface area contributed by atoms with Gasteiger partial charge in [-0.1, -0.05) is 57.4 Å². The molecule has 0 saturated heterocycles. The minimum Gasteiger partial charge on any atom is -0.205 e. The van der Waals surface area contributed by atoms with E-state index in [0.717, 1.165) is 24.2 Å². The Morgan fingerprint density at radius 1 is 0.862 bits per heavy atom. The number of hydrogen-bond donors (Lipinski definition) is 0. The Bertz CT molecular complexity index is 681. The summed E-state index contributed by atoms with van der Waals surface area (Å²) in [5.41, 5.74) is 0.207. The zero-order valence-corrected chi connectivity index (χ0v) is 17.6. The van der Waals surface area contributed by atoms with Crippen LogP contribution in [0.15, 0.2) is 24.8 Å². The van der Waals surface area contributed by atoms with Crippen LogP contribution >= 0.6 is 0 Å². The van der Waals surface area contributed by atoms with E-state index in [0.29, 0.717) is 17.9 Å². The highest BCUT2D eigenvalue weighted by molar-refractivity contribution is 5.35. The van der Waals surface area contributed by atoms with E-state index >= 15 is 0 Å². The molecule has 29 heavy (non-hydrogen) atoms.